The SMILES string of the molecule is COCCNC(=O)[C@H]1CCC(=O)N1Cc1c[nH]c2ccccc12. The van der Waals surface area contributed by atoms with Crippen molar-refractivity contribution in [2.75, 3.05) is 20.3 Å². The van der Waals surface area contributed by atoms with Gasteiger partial charge in [0.2, 0.25) is 11.8 Å². The number of carbonyl (C=O) groups excluding carboxylic acids is 2. The van der Waals surface area contributed by atoms with Crippen molar-refractivity contribution >= 4 is 22.7 Å². The number of aromatic amines is 1. The predicted octanol–water partition coefficient (Wildman–Crippen LogP) is 1.42. The van der Waals surface area contributed by atoms with E-state index in [1.165, 1.54) is 0 Å². The molecule has 2 N–H and O–H groups in total. The first-order valence-electron chi connectivity index (χ1n) is 7.82. The maximum atomic E-state index is 12.3. The Labute approximate surface area is 134 Å². The van der Waals surface area contributed by atoms with Gasteiger partial charge in [-0.05, 0) is 18.1 Å². The molecule has 0 bridgehead atoms. The highest BCUT2D eigenvalue weighted by atomic mass is 16.5. The zero-order chi connectivity index (χ0) is 16.2. The van der Waals surface area contributed by atoms with Crippen LogP contribution in [0.25, 0.3) is 10.9 Å². The van der Waals surface area contributed by atoms with Crippen LogP contribution in [0.2, 0.25) is 0 Å². The Morgan fingerprint density at radius 2 is 2.26 bits per heavy atom. The van der Waals surface area contributed by atoms with Crippen LogP contribution >= 0.6 is 0 Å². The second-order valence-electron chi connectivity index (χ2n) is 5.72. The number of aromatic nitrogens is 1. The Bertz CT molecular complexity index is 710. The van der Waals surface area contributed by atoms with Gasteiger partial charge >= 0.3 is 0 Å². The summed E-state index contributed by atoms with van der Waals surface area (Å²) < 4.78 is 4.94. The van der Waals surface area contributed by atoms with Gasteiger partial charge in [-0.2, -0.15) is 0 Å². The van der Waals surface area contributed by atoms with Gasteiger partial charge in [0, 0.05) is 43.7 Å². The third kappa shape index (κ3) is 3.22. The van der Waals surface area contributed by atoms with Gasteiger partial charge in [-0.3, -0.25) is 9.59 Å². The summed E-state index contributed by atoms with van der Waals surface area (Å²) in [6, 6.07) is 7.57. The Balaban J connectivity index is 1.74. The molecule has 6 nitrogen and oxygen atoms in total. The first kappa shape index (κ1) is 15.6. The van der Waals surface area contributed by atoms with Crippen LogP contribution in [0, 0.1) is 0 Å². The van der Waals surface area contributed by atoms with Crippen LogP contribution < -0.4 is 5.32 Å². The minimum Gasteiger partial charge on any atom is -0.383 e. The monoisotopic (exact) mass is 315 g/mol. The molecule has 0 unspecified atom stereocenters. The van der Waals surface area contributed by atoms with E-state index in [0.717, 1.165) is 16.5 Å². The molecule has 0 saturated carbocycles. The van der Waals surface area contributed by atoms with E-state index in [1.807, 2.05) is 30.5 Å². The lowest BCUT2D eigenvalue weighted by Crippen LogP contribution is -2.45. The number of amides is 2. The highest BCUT2D eigenvalue weighted by Crippen LogP contribution is 2.25. The van der Waals surface area contributed by atoms with Gasteiger partial charge in [-0.1, -0.05) is 18.2 Å². The van der Waals surface area contributed by atoms with Crippen molar-refractivity contribution in [3.05, 3.63) is 36.0 Å². The summed E-state index contributed by atoms with van der Waals surface area (Å²) >= 11 is 0. The molecule has 0 spiro atoms. The Kier molecular flexibility index (Phi) is 4.62. The summed E-state index contributed by atoms with van der Waals surface area (Å²) in [5.74, 6) is -0.0742. The molecule has 2 aromatic rings. The molecule has 2 amide bonds. The Hall–Kier alpha value is -2.34. The summed E-state index contributed by atoms with van der Waals surface area (Å²) in [4.78, 5) is 29.4. The number of nitrogens with one attached hydrogen (secondary N) is 2. The molecular formula is C17H21N3O3. The number of hydrogen-bond acceptors (Lipinski definition) is 3. The van der Waals surface area contributed by atoms with Gasteiger partial charge in [0.15, 0.2) is 0 Å². The molecule has 1 fully saturated rings. The number of hydrogen-bond donors (Lipinski definition) is 2. The van der Waals surface area contributed by atoms with Gasteiger partial charge in [0.1, 0.15) is 6.04 Å². The molecule has 2 heterocycles. The largest absolute Gasteiger partial charge is 0.383 e. The lowest BCUT2D eigenvalue weighted by atomic mass is 10.1. The Morgan fingerprint density at radius 1 is 1.43 bits per heavy atom. The number of benzene rings is 1. The summed E-state index contributed by atoms with van der Waals surface area (Å²) in [7, 11) is 1.59. The van der Waals surface area contributed by atoms with Crippen LogP contribution in [0.5, 0.6) is 0 Å². The highest BCUT2D eigenvalue weighted by molar-refractivity contribution is 5.91. The third-order valence-electron chi connectivity index (χ3n) is 4.25. The van der Waals surface area contributed by atoms with Crippen molar-refractivity contribution in [2.45, 2.75) is 25.4 Å². The number of rotatable bonds is 6. The lowest BCUT2D eigenvalue weighted by Gasteiger charge is -2.24. The predicted molar refractivity (Wildman–Crippen MR) is 86.8 cm³/mol. The van der Waals surface area contributed by atoms with Gasteiger partial charge in [0.05, 0.1) is 6.61 Å². The van der Waals surface area contributed by atoms with Gasteiger partial charge in [-0.25, -0.2) is 0 Å². The normalized spacial score (nSPS) is 17.9. The molecule has 1 aromatic heterocycles. The average Bonchev–Trinajstić information content (AvgIpc) is 3.13. The fraction of sp³-hybridized carbons (Fsp3) is 0.412. The van der Waals surface area contributed by atoms with E-state index >= 15 is 0 Å². The van der Waals surface area contributed by atoms with E-state index in [-0.39, 0.29) is 11.8 Å². The molecule has 1 atom stereocenters. The smallest absolute Gasteiger partial charge is 0.242 e. The summed E-state index contributed by atoms with van der Waals surface area (Å²) in [5, 5.41) is 3.92. The van der Waals surface area contributed by atoms with Crippen molar-refractivity contribution in [1.29, 1.82) is 0 Å². The number of nitrogens with zero attached hydrogens (tertiary/aromatic N) is 1. The van der Waals surface area contributed by atoms with Crippen LogP contribution in [0.4, 0.5) is 0 Å². The number of ether oxygens (including phenoxy) is 1. The van der Waals surface area contributed by atoms with E-state index < -0.39 is 6.04 Å². The quantitative estimate of drug-likeness (QED) is 0.792. The lowest BCUT2D eigenvalue weighted by molar-refractivity contribution is -0.135. The number of carbonyl (C=O) groups is 2. The van der Waals surface area contributed by atoms with E-state index in [2.05, 4.69) is 10.3 Å². The molecular weight excluding hydrogens is 294 g/mol. The molecule has 1 aliphatic heterocycles. The molecule has 122 valence electrons. The van der Waals surface area contributed by atoms with E-state index in [4.69, 9.17) is 4.74 Å². The molecule has 23 heavy (non-hydrogen) atoms. The maximum absolute atomic E-state index is 12.3. The first-order valence-corrected chi connectivity index (χ1v) is 7.82. The molecule has 1 saturated heterocycles. The molecule has 3 rings (SSSR count). The van der Waals surface area contributed by atoms with Crippen molar-refractivity contribution in [3.8, 4) is 0 Å². The molecule has 6 heteroatoms. The summed E-state index contributed by atoms with van der Waals surface area (Å²) in [6.45, 7) is 1.38. The van der Waals surface area contributed by atoms with E-state index in [1.54, 1.807) is 12.0 Å². The standard InChI is InChI=1S/C17H21N3O3/c1-23-9-8-18-17(22)15-6-7-16(21)20(15)11-12-10-19-14-5-3-2-4-13(12)14/h2-5,10,15,19H,6-9,11H2,1H3,(H,18,22)/t15-/m1/s1. The van der Waals surface area contributed by atoms with Crippen molar-refractivity contribution < 1.29 is 14.3 Å². The second kappa shape index (κ2) is 6.83. The number of methoxy groups -OCH3 is 1. The zero-order valence-corrected chi connectivity index (χ0v) is 13.2. The van der Waals surface area contributed by atoms with Gasteiger partial charge in [-0.15, -0.1) is 0 Å². The van der Waals surface area contributed by atoms with Crippen LogP contribution in [0.3, 0.4) is 0 Å². The minimum atomic E-state index is -0.395. The molecule has 0 aliphatic carbocycles. The highest BCUT2D eigenvalue weighted by Gasteiger charge is 2.36. The van der Waals surface area contributed by atoms with Crippen LogP contribution in [-0.4, -0.2) is 48.0 Å². The average molecular weight is 315 g/mol. The molecule has 0 radical (unpaired) electrons. The number of fused-ring (bicyclic) bond motifs is 1. The number of H-pyrrole nitrogens is 1. The maximum Gasteiger partial charge on any atom is 0.242 e. The fourth-order valence-corrected chi connectivity index (χ4v) is 3.04. The van der Waals surface area contributed by atoms with E-state index in [9.17, 15) is 9.59 Å². The fourth-order valence-electron chi connectivity index (χ4n) is 3.04. The zero-order valence-electron chi connectivity index (χ0n) is 13.2. The minimum absolute atomic E-state index is 0.0298. The first-order chi connectivity index (χ1) is 11.2. The van der Waals surface area contributed by atoms with E-state index in [0.29, 0.717) is 32.5 Å². The second-order valence-corrected chi connectivity index (χ2v) is 5.72. The summed E-state index contributed by atoms with van der Waals surface area (Å²) in [6.07, 6.45) is 2.90. The van der Waals surface area contributed by atoms with Gasteiger partial charge < -0.3 is 19.9 Å². The Morgan fingerprint density at radius 3 is 3.09 bits per heavy atom. The van der Waals surface area contributed by atoms with Gasteiger partial charge in [0.25, 0.3) is 0 Å². The van der Waals surface area contributed by atoms with Crippen LogP contribution in [0.1, 0.15) is 18.4 Å². The van der Waals surface area contributed by atoms with Crippen molar-refractivity contribution in [1.82, 2.24) is 15.2 Å². The topological polar surface area (TPSA) is 74.4 Å². The van der Waals surface area contributed by atoms with Crippen molar-refractivity contribution in [2.24, 2.45) is 0 Å². The van der Waals surface area contributed by atoms with Crippen LogP contribution in [-0.2, 0) is 20.9 Å². The molecule has 1 aliphatic rings. The van der Waals surface area contributed by atoms with Crippen LogP contribution in [0.15, 0.2) is 30.5 Å². The summed E-state index contributed by atoms with van der Waals surface area (Å²) in [5.41, 5.74) is 2.07. The number of para-hydroxylation sites is 1. The third-order valence-corrected chi connectivity index (χ3v) is 4.25. The van der Waals surface area contributed by atoms with Crippen molar-refractivity contribution in [3.63, 3.8) is 0 Å². The number of likely N-dealkylation sites (tertiary alicyclic amines) is 1. The molecule has 1 aromatic carbocycles.